The van der Waals surface area contributed by atoms with Crippen LogP contribution in [-0.4, -0.2) is 60.9 Å². The van der Waals surface area contributed by atoms with E-state index in [9.17, 15) is 9.59 Å². The molecule has 2 amide bonds. The quantitative estimate of drug-likeness (QED) is 0.845. The van der Waals surface area contributed by atoms with Gasteiger partial charge in [0.25, 0.3) is 0 Å². The Labute approximate surface area is 128 Å². The van der Waals surface area contributed by atoms with E-state index in [1.165, 1.54) is 6.42 Å². The van der Waals surface area contributed by atoms with Crippen LogP contribution in [0.1, 0.15) is 39.5 Å². The van der Waals surface area contributed by atoms with Crippen molar-refractivity contribution in [1.82, 2.24) is 15.1 Å². The number of hydrogen-bond acceptors (Lipinski definition) is 3. The number of rotatable bonds is 4. The molecule has 1 unspecified atom stereocenters. The second kappa shape index (κ2) is 7.78. The second-order valence-corrected chi connectivity index (χ2v) is 6.61. The van der Waals surface area contributed by atoms with Gasteiger partial charge in [-0.3, -0.25) is 9.59 Å². The average molecular weight is 295 g/mol. The molecular weight excluding hydrogens is 266 g/mol. The molecule has 1 N–H and O–H groups in total. The Bertz CT molecular complexity index is 365. The van der Waals surface area contributed by atoms with Crippen molar-refractivity contribution in [1.29, 1.82) is 0 Å². The summed E-state index contributed by atoms with van der Waals surface area (Å²) in [5.41, 5.74) is 0. The van der Waals surface area contributed by atoms with E-state index in [1.54, 1.807) is 0 Å². The molecule has 2 rings (SSSR count). The van der Waals surface area contributed by atoms with Crippen LogP contribution in [-0.2, 0) is 9.59 Å². The summed E-state index contributed by atoms with van der Waals surface area (Å²) in [6, 6.07) is 0. The molecule has 5 nitrogen and oxygen atoms in total. The van der Waals surface area contributed by atoms with Crippen LogP contribution in [0.2, 0.25) is 0 Å². The lowest BCUT2D eigenvalue weighted by Gasteiger charge is -2.23. The van der Waals surface area contributed by atoms with Crippen LogP contribution in [0.15, 0.2) is 0 Å². The van der Waals surface area contributed by atoms with E-state index >= 15 is 0 Å². The number of hydrogen-bond donors (Lipinski definition) is 1. The lowest BCUT2D eigenvalue weighted by Crippen LogP contribution is -2.39. The fourth-order valence-electron chi connectivity index (χ4n) is 3.20. The highest BCUT2D eigenvalue weighted by molar-refractivity contribution is 5.79. The second-order valence-electron chi connectivity index (χ2n) is 6.61. The molecule has 2 fully saturated rings. The molecular formula is C16H29N3O2. The Morgan fingerprint density at radius 3 is 2.52 bits per heavy atom. The summed E-state index contributed by atoms with van der Waals surface area (Å²) in [4.78, 5) is 28.2. The summed E-state index contributed by atoms with van der Waals surface area (Å²) in [7, 11) is 0. The molecule has 2 heterocycles. The Hall–Kier alpha value is -1.10. The zero-order valence-electron chi connectivity index (χ0n) is 13.4. The van der Waals surface area contributed by atoms with Gasteiger partial charge in [-0.25, -0.2) is 0 Å². The Balaban J connectivity index is 1.76. The van der Waals surface area contributed by atoms with Crippen molar-refractivity contribution in [3.63, 3.8) is 0 Å². The lowest BCUT2D eigenvalue weighted by molar-refractivity contribution is -0.135. The van der Waals surface area contributed by atoms with Crippen molar-refractivity contribution < 1.29 is 9.59 Å². The van der Waals surface area contributed by atoms with E-state index in [4.69, 9.17) is 0 Å². The van der Waals surface area contributed by atoms with Crippen molar-refractivity contribution in [3.05, 3.63) is 0 Å². The van der Waals surface area contributed by atoms with Crippen molar-refractivity contribution in [2.24, 2.45) is 11.8 Å². The smallest absolute Gasteiger partial charge is 0.225 e. The fourth-order valence-corrected chi connectivity index (χ4v) is 3.20. The van der Waals surface area contributed by atoms with E-state index < -0.39 is 0 Å². The van der Waals surface area contributed by atoms with Gasteiger partial charge in [0.05, 0.1) is 0 Å². The maximum Gasteiger partial charge on any atom is 0.225 e. The predicted molar refractivity (Wildman–Crippen MR) is 82.8 cm³/mol. The van der Waals surface area contributed by atoms with Crippen LogP contribution < -0.4 is 5.32 Å². The minimum Gasteiger partial charge on any atom is -0.341 e. The standard InChI is InChI=1S/C16H29N3O2/c1-13(2)16(21)19-9-3-8-18(10-11-19)15(20)5-4-14-6-7-17-12-14/h13-14,17H,3-12H2,1-2H3. The molecule has 2 aliphatic heterocycles. The third-order valence-electron chi connectivity index (χ3n) is 4.58. The molecule has 2 aliphatic rings. The first-order valence-electron chi connectivity index (χ1n) is 8.35. The summed E-state index contributed by atoms with van der Waals surface area (Å²) in [6.07, 6.45) is 3.75. The van der Waals surface area contributed by atoms with Gasteiger partial charge in [0.1, 0.15) is 0 Å². The molecule has 0 aromatic heterocycles. The molecule has 21 heavy (non-hydrogen) atoms. The van der Waals surface area contributed by atoms with Gasteiger partial charge in [-0.05, 0) is 38.3 Å². The minimum atomic E-state index is 0.0436. The summed E-state index contributed by atoms with van der Waals surface area (Å²) in [6.45, 7) is 8.99. The van der Waals surface area contributed by atoms with Crippen molar-refractivity contribution in [2.45, 2.75) is 39.5 Å². The van der Waals surface area contributed by atoms with Crippen molar-refractivity contribution in [2.75, 3.05) is 39.3 Å². The highest BCUT2D eigenvalue weighted by atomic mass is 16.2. The van der Waals surface area contributed by atoms with Crippen LogP contribution >= 0.6 is 0 Å². The van der Waals surface area contributed by atoms with Crippen LogP contribution in [0.3, 0.4) is 0 Å². The maximum atomic E-state index is 12.3. The predicted octanol–water partition coefficient (Wildman–Crippen LogP) is 1.09. The number of nitrogens with one attached hydrogen (secondary N) is 1. The fraction of sp³-hybridized carbons (Fsp3) is 0.875. The average Bonchev–Trinajstić information content (AvgIpc) is 2.86. The van der Waals surface area contributed by atoms with E-state index in [0.717, 1.165) is 39.0 Å². The number of carbonyl (C=O) groups excluding carboxylic acids is 2. The van der Waals surface area contributed by atoms with Crippen LogP contribution in [0, 0.1) is 11.8 Å². The Morgan fingerprint density at radius 1 is 1.14 bits per heavy atom. The molecule has 0 spiro atoms. The monoisotopic (exact) mass is 295 g/mol. The third kappa shape index (κ3) is 4.70. The van der Waals surface area contributed by atoms with E-state index in [1.807, 2.05) is 23.6 Å². The highest BCUT2D eigenvalue weighted by Gasteiger charge is 2.24. The van der Waals surface area contributed by atoms with Crippen LogP contribution in [0.5, 0.6) is 0 Å². The van der Waals surface area contributed by atoms with E-state index in [2.05, 4.69) is 5.32 Å². The molecule has 120 valence electrons. The molecule has 5 heteroatoms. The molecule has 0 bridgehead atoms. The summed E-state index contributed by atoms with van der Waals surface area (Å²) in [5.74, 6) is 1.18. The normalized spacial score (nSPS) is 23.5. The van der Waals surface area contributed by atoms with Crippen molar-refractivity contribution in [3.8, 4) is 0 Å². The lowest BCUT2D eigenvalue weighted by atomic mass is 10.0. The molecule has 2 saturated heterocycles. The van der Waals surface area contributed by atoms with Gasteiger partial charge in [0.2, 0.25) is 11.8 Å². The molecule has 0 aromatic carbocycles. The van der Waals surface area contributed by atoms with Gasteiger partial charge in [0.15, 0.2) is 0 Å². The summed E-state index contributed by atoms with van der Waals surface area (Å²) < 4.78 is 0. The van der Waals surface area contributed by atoms with Gasteiger partial charge in [0, 0.05) is 38.5 Å². The minimum absolute atomic E-state index is 0.0436. The summed E-state index contributed by atoms with van der Waals surface area (Å²) in [5, 5.41) is 3.35. The highest BCUT2D eigenvalue weighted by Crippen LogP contribution is 2.16. The Kier molecular flexibility index (Phi) is 6.03. The Morgan fingerprint density at radius 2 is 1.86 bits per heavy atom. The maximum absolute atomic E-state index is 12.3. The first-order chi connectivity index (χ1) is 10.1. The van der Waals surface area contributed by atoms with Gasteiger partial charge >= 0.3 is 0 Å². The summed E-state index contributed by atoms with van der Waals surface area (Å²) >= 11 is 0. The van der Waals surface area contributed by atoms with E-state index in [-0.39, 0.29) is 17.7 Å². The zero-order valence-corrected chi connectivity index (χ0v) is 13.4. The van der Waals surface area contributed by atoms with Gasteiger partial charge < -0.3 is 15.1 Å². The SMILES string of the molecule is CC(C)C(=O)N1CCCN(C(=O)CCC2CCNC2)CC1. The van der Waals surface area contributed by atoms with Crippen molar-refractivity contribution >= 4 is 11.8 Å². The van der Waals surface area contributed by atoms with Gasteiger partial charge in [-0.15, -0.1) is 0 Å². The third-order valence-corrected chi connectivity index (χ3v) is 4.58. The first-order valence-corrected chi connectivity index (χ1v) is 8.35. The molecule has 0 aromatic rings. The molecule has 0 aliphatic carbocycles. The van der Waals surface area contributed by atoms with Crippen LogP contribution in [0.4, 0.5) is 0 Å². The number of carbonyl (C=O) groups is 2. The number of nitrogens with zero attached hydrogens (tertiary/aromatic N) is 2. The van der Waals surface area contributed by atoms with Crippen LogP contribution in [0.25, 0.3) is 0 Å². The van der Waals surface area contributed by atoms with Gasteiger partial charge in [-0.1, -0.05) is 13.8 Å². The van der Waals surface area contributed by atoms with Gasteiger partial charge in [-0.2, -0.15) is 0 Å². The zero-order chi connectivity index (χ0) is 15.2. The van der Waals surface area contributed by atoms with E-state index in [0.29, 0.717) is 25.4 Å². The topological polar surface area (TPSA) is 52.7 Å². The molecule has 0 radical (unpaired) electrons. The molecule has 0 saturated carbocycles. The largest absolute Gasteiger partial charge is 0.341 e. The number of amides is 2. The molecule has 1 atom stereocenters. The first kappa shape index (κ1) is 16.3.